The summed E-state index contributed by atoms with van der Waals surface area (Å²) >= 11 is 1.34. The van der Waals surface area contributed by atoms with Gasteiger partial charge in [0.2, 0.25) is 11.7 Å². The van der Waals surface area contributed by atoms with Crippen molar-refractivity contribution in [3.63, 3.8) is 0 Å². The van der Waals surface area contributed by atoms with Crippen LogP contribution in [-0.2, 0) is 4.79 Å². The molecule has 0 spiro atoms. The molecule has 0 bridgehead atoms. The molecule has 0 atom stereocenters. The first-order valence-electron chi connectivity index (χ1n) is 11.0. The lowest BCUT2D eigenvalue weighted by Gasteiger charge is -2.07. The van der Waals surface area contributed by atoms with Crippen LogP contribution in [0.5, 0.6) is 0 Å². The van der Waals surface area contributed by atoms with Gasteiger partial charge >= 0.3 is 0 Å². The number of nitrogens with one attached hydrogen (secondary N) is 3. The van der Waals surface area contributed by atoms with E-state index in [1.165, 1.54) is 11.3 Å². The van der Waals surface area contributed by atoms with Crippen LogP contribution in [0.4, 0.5) is 10.8 Å². The van der Waals surface area contributed by atoms with Crippen LogP contribution >= 0.6 is 11.3 Å². The first-order valence-corrected chi connectivity index (χ1v) is 11.8. The number of carbonyl (C=O) groups excluding carboxylic acids is 2. The number of tetrazole rings is 1. The van der Waals surface area contributed by atoms with Crippen molar-refractivity contribution in [3.05, 3.63) is 66.2 Å². The number of fused-ring (bicyclic) bond motifs is 1. The summed E-state index contributed by atoms with van der Waals surface area (Å²) in [6.07, 6.45) is 1.88. The van der Waals surface area contributed by atoms with Gasteiger partial charge in [0.05, 0.1) is 5.69 Å². The molecule has 0 radical (unpaired) electrons. The molecular formula is C24H18N8O2S. The Kier molecular flexibility index (Phi) is 5.23. The lowest BCUT2D eigenvalue weighted by atomic mass is 10.1. The second-order valence-corrected chi connectivity index (χ2v) is 9.13. The number of hydrogen-bond acceptors (Lipinski definition) is 8. The van der Waals surface area contributed by atoms with E-state index < -0.39 is 0 Å². The highest BCUT2D eigenvalue weighted by molar-refractivity contribution is 7.22. The summed E-state index contributed by atoms with van der Waals surface area (Å²) < 4.78 is 0. The molecule has 3 heterocycles. The molecule has 3 aromatic heterocycles. The monoisotopic (exact) mass is 482 g/mol. The largest absolute Gasteiger partial charge is 0.322 e. The molecular weight excluding hydrogens is 464 g/mol. The van der Waals surface area contributed by atoms with Crippen molar-refractivity contribution < 1.29 is 9.59 Å². The van der Waals surface area contributed by atoms with Crippen LogP contribution in [0, 0.1) is 5.92 Å². The molecule has 35 heavy (non-hydrogen) atoms. The zero-order valence-electron chi connectivity index (χ0n) is 18.2. The fraction of sp³-hybridized carbons (Fsp3) is 0.125. The smallest absolute Gasteiger partial charge is 0.255 e. The highest BCUT2D eigenvalue weighted by Crippen LogP contribution is 2.32. The van der Waals surface area contributed by atoms with Crippen LogP contribution in [0.3, 0.4) is 0 Å². The molecule has 1 aliphatic rings. The Morgan fingerprint density at radius 3 is 2.57 bits per heavy atom. The van der Waals surface area contributed by atoms with E-state index in [1.807, 2.05) is 36.4 Å². The molecule has 1 aliphatic carbocycles. The maximum Gasteiger partial charge on any atom is 0.255 e. The summed E-state index contributed by atoms with van der Waals surface area (Å²) in [5, 5.41) is 20.2. The van der Waals surface area contributed by atoms with Crippen LogP contribution in [0.2, 0.25) is 0 Å². The van der Waals surface area contributed by atoms with E-state index in [9.17, 15) is 9.59 Å². The summed E-state index contributed by atoms with van der Waals surface area (Å²) in [6.45, 7) is 0. The van der Waals surface area contributed by atoms with Gasteiger partial charge in [-0.3, -0.25) is 9.59 Å². The van der Waals surface area contributed by atoms with Gasteiger partial charge in [-0.05, 0) is 66.6 Å². The van der Waals surface area contributed by atoms with Gasteiger partial charge in [-0.2, -0.15) is 5.21 Å². The van der Waals surface area contributed by atoms with E-state index in [2.05, 4.69) is 36.2 Å². The number of benzene rings is 2. The number of hydrogen-bond donors (Lipinski definition) is 3. The Morgan fingerprint density at radius 1 is 0.943 bits per heavy atom. The van der Waals surface area contributed by atoms with Gasteiger partial charge in [0.1, 0.15) is 10.3 Å². The fourth-order valence-electron chi connectivity index (χ4n) is 3.59. The minimum absolute atomic E-state index is 0.0208. The van der Waals surface area contributed by atoms with Gasteiger partial charge in [0, 0.05) is 28.3 Å². The van der Waals surface area contributed by atoms with Gasteiger partial charge in [-0.1, -0.05) is 23.5 Å². The van der Waals surface area contributed by atoms with Gasteiger partial charge in [-0.15, -0.1) is 10.2 Å². The molecule has 1 saturated carbocycles. The number of anilines is 2. The molecule has 2 aromatic carbocycles. The molecule has 0 saturated heterocycles. The van der Waals surface area contributed by atoms with Gasteiger partial charge < -0.3 is 10.6 Å². The van der Waals surface area contributed by atoms with Crippen LogP contribution in [-0.4, -0.2) is 42.4 Å². The number of nitrogens with zero attached hydrogens (tertiary/aromatic N) is 5. The number of aromatic nitrogens is 6. The third-order valence-electron chi connectivity index (χ3n) is 5.60. The predicted octanol–water partition coefficient (Wildman–Crippen LogP) is 4.14. The second-order valence-electron chi connectivity index (χ2n) is 8.15. The number of carbonyl (C=O) groups is 2. The molecule has 1 fully saturated rings. The Hall–Kier alpha value is -4.51. The van der Waals surface area contributed by atoms with Crippen molar-refractivity contribution in [2.24, 2.45) is 5.92 Å². The fourth-order valence-corrected chi connectivity index (χ4v) is 4.44. The Bertz CT molecular complexity index is 1540. The third-order valence-corrected chi connectivity index (χ3v) is 6.48. The maximum absolute atomic E-state index is 12.9. The molecule has 6 rings (SSSR count). The van der Waals surface area contributed by atoms with E-state index in [-0.39, 0.29) is 17.7 Å². The zero-order chi connectivity index (χ0) is 23.8. The SMILES string of the molecule is O=C(Nc1ccc(-c2nn[nH]n2)cc1)c1cccc(-c2ccc3nc(NC(=O)C4CC4)sc3n2)c1. The summed E-state index contributed by atoms with van der Waals surface area (Å²) in [5.41, 5.74) is 4.21. The van der Waals surface area contributed by atoms with Crippen molar-refractivity contribution in [3.8, 4) is 22.6 Å². The number of amides is 2. The first-order chi connectivity index (χ1) is 17.1. The lowest BCUT2D eigenvalue weighted by Crippen LogP contribution is -2.12. The minimum Gasteiger partial charge on any atom is -0.322 e. The van der Waals surface area contributed by atoms with Gasteiger partial charge in [0.15, 0.2) is 5.13 Å². The number of thiazole rings is 1. The topological polar surface area (TPSA) is 138 Å². The number of aromatic amines is 1. The summed E-state index contributed by atoms with van der Waals surface area (Å²) in [5.74, 6) is 0.386. The van der Waals surface area contributed by atoms with Crippen LogP contribution < -0.4 is 10.6 Å². The lowest BCUT2D eigenvalue weighted by molar-refractivity contribution is -0.117. The Balaban J connectivity index is 1.19. The zero-order valence-corrected chi connectivity index (χ0v) is 19.0. The molecule has 2 amide bonds. The molecule has 0 unspecified atom stereocenters. The average Bonchev–Trinajstić information content (AvgIpc) is 3.44. The number of H-pyrrole nitrogens is 1. The van der Waals surface area contributed by atoms with Crippen LogP contribution in [0.1, 0.15) is 23.2 Å². The maximum atomic E-state index is 12.9. The average molecular weight is 483 g/mol. The van der Waals surface area contributed by atoms with Crippen molar-refractivity contribution in [2.75, 3.05) is 10.6 Å². The predicted molar refractivity (Wildman–Crippen MR) is 132 cm³/mol. The van der Waals surface area contributed by atoms with E-state index >= 15 is 0 Å². The normalized spacial score (nSPS) is 13.0. The second kappa shape index (κ2) is 8.69. The molecule has 3 N–H and O–H groups in total. The van der Waals surface area contributed by atoms with E-state index in [1.54, 1.807) is 24.3 Å². The van der Waals surface area contributed by atoms with E-state index in [4.69, 9.17) is 4.98 Å². The highest BCUT2D eigenvalue weighted by atomic mass is 32.1. The number of pyridine rings is 1. The van der Waals surface area contributed by atoms with Crippen molar-refractivity contribution in [2.45, 2.75) is 12.8 Å². The van der Waals surface area contributed by atoms with Gasteiger partial charge in [-0.25, -0.2) is 9.97 Å². The standard InChI is InChI=1S/C24H18N8O2S/c33-21(14-4-5-14)28-24-27-19-11-10-18(26-23(19)35-24)15-2-1-3-16(12-15)22(34)25-17-8-6-13(7-9-17)20-29-31-32-30-20/h1-3,6-12,14H,4-5H2,(H,25,34)(H,27,28,33)(H,29,30,31,32). The Morgan fingerprint density at radius 2 is 1.80 bits per heavy atom. The number of rotatable bonds is 6. The third kappa shape index (κ3) is 4.49. The van der Waals surface area contributed by atoms with Gasteiger partial charge in [0.25, 0.3) is 5.91 Å². The van der Waals surface area contributed by atoms with Crippen LogP contribution in [0.15, 0.2) is 60.7 Å². The summed E-state index contributed by atoms with van der Waals surface area (Å²) in [4.78, 5) is 34.8. The molecule has 5 aromatic rings. The van der Waals surface area contributed by atoms with E-state index in [0.717, 1.165) is 40.0 Å². The highest BCUT2D eigenvalue weighted by Gasteiger charge is 2.30. The Labute approximate surface area is 202 Å². The first kappa shape index (κ1) is 21.1. The summed E-state index contributed by atoms with van der Waals surface area (Å²) in [7, 11) is 0. The quantitative estimate of drug-likeness (QED) is 0.331. The molecule has 172 valence electrons. The van der Waals surface area contributed by atoms with Crippen molar-refractivity contribution in [1.82, 2.24) is 30.6 Å². The van der Waals surface area contributed by atoms with Crippen molar-refractivity contribution in [1.29, 1.82) is 0 Å². The summed E-state index contributed by atoms with van der Waals surface area (Å²) in [6, 6.07) is 18.2. The minimum atomic E-state index is -0.233. The molecule has 11 heteroatoms. The van der Waals surface area contributed by atoms with E-state index in [0.29, 0.717) is 22.2 Å². The molecule has 10 nitrogen and oxygen atoms in total. The van der Waals surface area contributed by atoms with Crippen molar-refractivity contribution >= 4 is 44.3 Å². The molecule has 0 aliphatic heterocycles. The van der Waals surface area contributed by atoms with Crippen LogP contribution in [0.25, 0.3) is 33.0 Å².